The minimum absolute atomic E-state index is 0.0655. The van der Waals surface area contributed by atoms with Crippen molar-refractivity contribution in [3.05, 3.63) is 62.9 Å². The van der Waals surface area contributed by atoms with Gasteiger partial charge in [-0.05, 0) is 29.6 Å². The molecule has 1 amide bonds. The predicted molar refractivity (Wildman–Crippen MR) is 91.8 cm³/mol. The fraction of sp³-hybridized carbons (Fsp3) is 0.125. The molecule has 4 nitrogen and oxygen atoms in total. The van der Waals surface area contributed by atoms with E-state index in [-0.39, 0.29) is 5.91 Å². The highest BCUT2D eigenvalue weighted by atomic mass is 79.9. The Morgan fingerprint density at radius 3 is 2.77 bits per heavy atom. The molecule has 0 radical (unpaired) electrons. The molecule has 0 bridgehead atoms. The van der Waals surface area contributed by atoms with Crippen molar-refractivity contribution in [2.75, 3.05) is 7.05 Å². The number of H-pyrrole nitrogens is 1. The van der Waals surface area contributed by atoms with E-state index in [1.54, 1.807) is 29.4 Å². The zero-order chi connectivity index (χ0) is 15.5. The van der Waals surface area contributed by atoms with Crippen LogP contribution in [0.3, 0.4) is 0 Å². The number of hydrogen-bond donors (Lipinski definition) is 1. The fourth-order valence-corrected chi connectivity index (χ4v) is 3.14. The molecule has 0 aliphatic heterocycles. The van der Waals surface area contributed by atoms with Crippen LogP contribution in [0.5, 0.6) is 0 Å². The lowest BCUT2D eigenvalue weighted by Gasteiger charge is -2.14. The van der Waals surface area contributed by atoms with Crippen LogP contribution in [0.4, 0.5) is 0 Å². The van der Waals surface area contributed by atoms with Crippen molar-refractivity contribution >= 4 is 33.2 Å². The highest BCUT2D eigenvalue weighted by Crippen LogP contribution is 2.21. The summed E-state index contributed by atoms with van der Waals surface area (Å²) in [5.41, 5.74) is 2.23. The second-order valence-corrected chi connectivity index (χ2v) is 6.86. The number of aromatic amines is 1. The fourth-order valence-electron chi connectivity index (χ4n) is 2.11. The zero-order valence-electron chi connectivity index (χ0n) is 11.9. The average molecular weight is 376 g/mol. The molecule has 0 unspecified atom stereocenters. The molecule has 0 aliphatic carbocycles. The van der Waals surface area contributed by atoms with E-state index in [1.165, 1.54) is 0 Å². The van der Waals surface area contributed by atoms with Gasteiger partial charge in [0.15, 0.2) is 0 Å². The minimum Gasteiger partial charge on any atom is -0.335 e. The first-order valence-corrected chi connectivity index (χ1v) is 8.40. The number of thiophene rings is 1. The summed E-state index contributed by atoms with van der Waals surface area (Å²) in [5, 5.41) is 9.07. The van der Waals surface area contributed by atoms with Crippen molar-refractivity contribution in [3.63, 3.8) is 0 Å². The van der Waals surface area contributed by atoms with Crippen LogP contribution in [0.15, 0.2) is 52.3 Å². The Kier molecular flexibility index (Phi) is 4.40. The number of nitrogens with zero attached hydrogens (tertiary/aromatic N) is 2. The Bertz CT molecular complexity index is 765. The number of nitrogens with one attached hydrogen (secondary N) is 1. The Hall–Kier alpha value is -1.92. The van der Waals surface area contributed by atoms with E-state index < -0.39 is 0 Å². The highest BCUT2D eigenvalue weighted by molar-refractivity contribution is 9.10. The van der Waals surface area contributed by atoms with Crippen molar-refractivity contribution in [2.24, 2.45) is 0 Å². The second kappa shape index (κ2) is 6.46. The van der Waals surface area contributed by atoms with Crippen molar-refractivity contribution in [1.82, 2.24) is 15.1 Å². The molecular formula is C16H14BrN3OS. The van der Waals surface area contributed by atoms with E-state index >= 15 is 0 Å². The highest BCUT2D eigenvalue weighted by Gasteiger charge is 2.16. The SMILES string of the molecule is CN(Cc1cccs1)C(=O)c1cc(-c2ccc(Br)cc2)n[nH]1. The molecule has 0 atom stereocenters. The zero-order valence-corrected chi connectivity index (χ0v) is 14.3. The summed E-state index contributed by atoms with van der Waals surface area (Å²) in [7, 11) is 1.79. The molecule has 1 aromatic carbocycles. The maximum atomic E-state index is 12.4. The van der Waals surface area contributed by atoms with Gasteiger partial charge in [-0.2, -0.15) is 5.10 Å². The van der Waals surface area contributed by atoms with Crippen LogP contribution >= 0.6 is 27.3 Å². The molecule has 6 heteroatoms. The third kappa shape index (κ3) is 3.28. The van der Waals surface area contributed by atoms with Crippen LogP contribution < -0.4 is 0 Å². The number of carbonyl (C=O) groups excluding carboxylic acids is 1. The maximum Gasteiger partial charge on any atom is 0.271 e. The van der Waals surface area contributed by atoms with Gasteiger partial charge < -0.3 is 4.90 Å². The predicted octanol–water partition coefficient (Wildman–Crippen LogP) is 4.17. The van der Waals surface area contributed by atoms with Crippen molar-refractivity contribution in [1.29, 1.82) is 0 Å². The average Bonchev–Trinajstić information content (AvgIpc) is 3.18. The summed E-state index contributed by atoms with van der Waals surface area (Å²) in [4.78, 5) is 15.3. The summed E-state index contributed by atoms with van der Waals surface area (Å²) < 4.78 is 1.01. The standard InChI is InChI=1S/C16H14BrN3OS/c1-20(10-13-3-2-8-22-13)16(21)15-9-14(18-19-15)11-4-6-12(17)7-5-11/h2-9H,10H2,1H3,(H,18,19). The molecule has 1 N–H and O–H groups in total. The number of rotatable bonds is 4. The van der Waals surface area contributed by atoms with Gasteiger partial charge in [-0.1, -0.05) is 34.1 Å². The lowest BCUT2D eigenvalue weighted by Crippen LogP contribution is -2.26. The van der Waals surface area contributed by atoms with Gasteiger partial charge in [-0.25, -0.2) is 0 Å². The Balaban J connectivity index is 1.75. The molecule has 0 spiro atoms. The van der Waals surface area contributed by atoms with Gasteiger partial charge in [0, 0.05) is 22.0 Å². The van der Waals surface area contributed by atoms with Gasteiger partial charge in [0.1, 0.15) is 5.69 Å². The second-order valence-electron chi connectivity index (χ2n) is 4.91. The van der Waals surface area contributed by atoms with E-state index in [0.29, 0.717) is 12.2 Å². The maximum absolute atomic E-state index is 12.4. The van der Waals surface area contributed by atoms with Crippen molar-refractivity contribution in [2.45, 2.75) is 6.54 Å². The van der Waals surface area contributed by atoms with Crippen molar-refractivity contribution < 1.29 is 4.79 Å². The monoisotopic (exact) mass is 375 g/mol. The van der Waals surface area contributed by atoms with Crippen LogP contribution in [0.2, 0.25) is 0 Å². The number of amides is 1. The van der Waals surface area contributed by atoms with Crippen LogP contribution in [-0.2, 0) is 6.54 Å². The summed E-state index contributed by atoms with van der Waals surface area (Å²) in [6.45, 7) is 0.600. The minimum atomic E-state index is -0.0655. The summed E-state index contributed by atoms with van der Waals surface area (Å²) in [6.07, 6.45) is 0. The number of carbonyl (C=O) groups is 1. The number of benzene rings is 1. The van der Waals surface area contributed by atoms with Gasteiger partial charge in [-0.3, -0.25) is 9.89 Å². The molecular weight excluding hydrogens is 362 g/mol. The van der Waals surface area contributed by atoms with E-state index in [1.807, 2.05) is 41.8 Å². The van der Waals surface area contributed by atoms with E-state index in [9.17, 15) is 4.79 Å². The number of aromatic nitrogens is 2. The molecule has 0 saturated heterocycles. The van der Waals surface area contributed by atoms with E-state index in [0.717, 1.165) is 20.6 Å². The van der Waals surface area contributed by atoms with Gasteiger partial charge in [0.25, 0.3) is 5.91 Å². The van der Waals surface area contributed by atoms with E-state index in [2.05, 4.69) is 26.1 Å². The topological polar surface area (TPSA) is 49.0 Å². The van der Waals surface area contributed by atoms with Gasteiger partial charge in [-0.15, -0.1) is 11.3 Å². The normalized spacial score (nSPS) is 10.6. The van der Waals surface area contributed by atoms with Crippen LogP contribution in [0, 0.1) is 0 Å². The summed E-state index contributed by atoms with van der Waals surface area (Å²) in [5.74, 6) is -0.0655. The molecule has 112 valence electrons. The first-order valence-electron chi connectivity index (χ1n) is 6.72. The molecule has 2 heterocycles. The summed E-state index contributed by atoms with van der Waals surface area (Å²) in [6, 6.07) is 13.6. The van der Waals surface area contributed by atoms with Crippen LogP contribution in [0.25, 0.3) is 11.3 Å². The third-order valence-corrected chi connectivity index (χ3v) is 4.66. The molecule has 2 aromatic heterocycles. The molecule has 0 aliphatic rings. The Morgan fingerprint density at radius 1 is 1.32 bits per heavy atom. The lowest BCUT2D eigenvalue weighted by atomic mass is 10.1. The molecule has 22 heavy (non-hydrogen) atoms. The number of hydrogen-bond acceptors (Lipinski definition) is 3. The largest absolute Gasteiger partial charge is 0.335 e. The quantitative estimate of drug-likeness (QED) is 0.743. The lowest BCUT2D eigenvalue weighted by molar-refractivity contribution is 0.0780. The smallest absolute Gasteiger partial charge is 0.271 e. The third-order valence-electron chi connectivity index (χ3n) is 3.27. The Labute approximate surface area is 140 Å². The Morgan fingerprint density at radius 2 is 2.09 bits per heavy atom. The molecule has 0 saturated carbocycles. The molecule has 3 rings (SSSR count). The van der Waals surface area contributed by atoms with Crippen LogP contribution in [-0.4, -0.2) is 28.1 Å². The summed E-state index contributed by atoms with van der Waals surface area (Å²) >= 11 is 5.05. The van der Waals surface area contributed by atoms with Gasteiger partial charge in [0.05, 0.1) is 12.2 Å². The molecule has 3 aromatic rings. The van der Waals surface area contributed by atoms with Crippen LogP contribution in [0.1, 0.15) is 15.4 Å². The molecule has 0 fully saturated rings. The number of halogens is 1. The van der Waals surface area contributed by atoms with E-state index in [4.69, 9.17) is 0 Å². The van der Waals surface area contributed by atoms with Crippen molar-refractivity contribution in [3.8, 4) is 11.3 Å². The first-order chi connectivity index (χ1) is 10.6. The van der Waals surface area contributed by atoms with Gasteiger partial charge in [0.2, 0.25) is 0 Å². The van der Waals surface area contributed by atoms with Gasteiger partial charge >= 0.3 is 0 Å². The first kappa shape index (κ1) is 15.0.